The summed E-state index contributed by atoms with van der Waals surface area (Å²) < 4.78 is 39.8. The Kier molecular flexibility index (Phi) is 7.99. The number of halogens is 2. The Morgan fingerprint density at radius 2 is 1.86 bits per heavy atom. The van der Waals surface area contributed by atoms with Crippen molar-refractivity contribution in [1.29, 1.82) is 5.26 Å². The van der Waals surface area contributed by atoms with Gasteiger partial charge in [0, 0.05) is 13.1 Å². The second-order valence-corrected chi connectivity index (χ2v) is 6.16. The van der Waals surface area contributed by atoms with Gasteiger partial charge in [0.1, 0.15) is 18.5 Å². The number of hydrogen-bond acceptors (Lipinski definition) is 6. The van der Waals surface area contributed by atoms with Crippen LogP contribution in [0.25, 0.3) is 0 Å². The Balaban J connectivity index is 1.85. The van der Waals surface area contributed by atoms with Crippen LogP contribution in [0.15, 0.2) is 42.5 Å². The highest BCUT2D eigenvalue weighted by Gasteiger charge is 2.13. The number of rotatable bonds is 10. The van der Waals surface area contributed by atoms with Crippen molar-refractivity contribution >= 4 is 0 Å². The summed E-state index contributed by atoms with van der Waals surface area (Å²) in [6, 6.07) is 13.4. The molecule has 2 aromatic carbocycles. The second-order valence-electron chi connectivity index (χ2n) is 6.16. The van der Waals surface area contributed by atoms with Crippen LogP contribution in [-0.2, 0) is 6.54 Å². The molecule has 6 nitrogen and oxygen atoms in total. The van der Waals surface area contributed by atoms with Gasteiger partial charge in [-0.15, -0.1) is 0 Å². The third-order valence-corrected chi connectivity index (χ3v) is 3.84. The number of methoxy groups -OCH3 is 1. The first kappa shape index (κ1) is 21.4. The summed E-state index contributed by atoms with van der Waals surface area (Å²) in [5, 5.41) is 18.9. The number of ether oxygens (including phenoxy) is 3. The van der Waals surface area contributed by atoms with E-state index in [1.165, 1.54) is 13.2 Å². The van der Waals surface area contributed by atoms with E-state index in [0.717, 1.165) is 5.56 Å². The van der Waals surface area contributed by atoms with Crippen molar-refractivity contribution in [2.45, 2.75) is 19.3 Å². The fourth-order valence-corrected chi connectivity index (χ4v) is 2.61. The summed E-state index contributed by atoms with van der Waals surface area (Å²) >= 11 is 0. The lowest BCUT2D eigenvalue weighted by molar-refractivity contribution is -0.0512. The lowest BCUT2D eigenvalue weighted by Crippen LogP contribution is -2.32. The van der Waals surface area contributed by atoms with Crippen molar-refractivity contribution in [3.63, 3.8) is 0 Å². The molecule has 0 heterocycles. The van der Waals surface area contributed by atoms with Crippen LogP contribution in [0, 0.1) is 11.3 Å². The number of nitrogens with zero attached hydrogens (tertiary/aromatic N) is 2. The Hall–Kier alpha value is -2.89. The predicted octanol–water partition coefficient (Wildman–Crippen LogP) is 3.04. The second kappa shape index (κ2) is 10.4. The normalized spacial score (nSPS) is 11.9. The summed E-state index contributed by atoms with van der Waals surface area (Å²) in [6.07, 6.45) is -0.732. The van der Waals surface area contributed by atoms with E-state index in [2.05, 4.69) is 4.74 Å². The van der Waals surface area contributed by atoms with Gasteiger partial charge >= 0.3 is 6.61 Å². The number of alkyl halides is 2. The lowest BCUT2D eigenvalue weighted by atomic mass is 10.2. The highest BCUT2D eigenvalue weighted by atomic mass is 19.3. The molecule has 1 N–H and O–H groups in total. The molecule has 28 heavy (non-hydrogen) atoms. The van der Waals surface area contributed by atoms with E-state index in [1.54, 1.807) is 36.4 Å². The number of hydrogen-bond donors (Lipinski definition) is 1. The number of nitriles is 1. The Bertz CT molecular complexity index is 794. The van der Waals surface area contributed by atoms with Gasteiger partial charge in [0.2, 0.25) is 0 Å². The van der Waals surface area contributed by atoms with E-state index in [4.69, 9.17) is 14.7 Å². The summed E-state index contributed by atoms with van der Waals surface area (Å²) in [4.78, 5) is 1.87. The van der Waals surface area contributed by atoms with Gasteiger partial charge in [-0.05, 0) is 49.0 Å². The van der Waals surface area contributed by atoms with Gasteiger partial charge in [-0.1, -0.05) is 6.07 Å². The van der Waals surface area contributed by atoms with Crippen LogP contribution in [0.5, 0.6) is 17.2 Å². The number of aliphatic hydroxyl groups is 1. The SMILES string of the molecule is COc1cc(CN(C)CC(O)COc2ccc(C#N)cc2)ccc1OC(F)F. The van der Waals surface area contributed by atoms with Gasteiger partial charge < -0.3 is 19.3 Å². The average molecular weight is 392 g/mol. The van der Waals surface area contributed by atoms with Crippen molar-refractivity contribution in [3.8, 4) is 23.3 Å². The highest BCUT2D eigenvalue weighted by Crippen LogP contribution is 2.29. The van der Waals surface area contributed by atoms with E-state index < -0.39 is 12.7 Å². The van der Waals surface area contributed by atoms with Gasteiger partial charge in [-0.2, -0.15) is 14.0 Å². The number of benzene rings is 2. The fraction of sp³-hybridized carbons (Fsp3) is 0.350. The van der Waals surface area contributed by atoms with E-state index in [-0.39, 0.29) is 18.1 Å². The maximum Gasteiger partial charge on any atom is 0.387 e. The first-order valence-electron chi connectivity index (χ1n) is 8.52. The van der Waals surface area contributed by atoms with Crippen molar-refractivity contribution in [3.05, 3.63) is 53.6 Å². The van der Waals surface area contributed by atoms with Crippen LogP contribution >= 0.6 is 0 Å². The molecule has 0 spiro atoms. The Morgan fingerprint density at radius 3 is 2.46 bits per heavy atom. The quantitative estimate of drug-likeness (QED) is 0.670. The molecular formula is C20H22F2N2O4. The molecule has 0 amide bonds. The van der Waals surface area contributed by atoms with Gasteiger partial charge in [0.15, 0.2) is 11.5 Å². The minimum atomic E-state index is -2.92. The summed E-state index contributed by atoms with van der Waals surface area (Å²) in [5.41, 5.74) is 1.36. The zero-order chi connectivity index (χ0) is 20.5. The van der Waals surface area contributed by atoms with Gasteiger partial charge in [0.25, 0.3) is 0 Å². The minimum Gasteiger partial charge on any atom is -0.493 e. The zero-order valence-electron chi connectivity index (χ0n) is 15.6. The molecule has 0 bridgehead atoms. The topological polar surface area (TPSA) is 75.0 Å². The molecule has 8 heteroatoms. The highest BCUT2D eigenvalue weighted by molar-refractivity contribution is 5.43. The summed E-state index contributed by atoms with van der Waals surface area (Å²) in [5.74, 6) is 0.760. The van der Waals surface area contributed by atoms with Crippen LogP contribution in [0.2, 0.25) is 0 Å². The zero-order valence-corrected chi connectivity index (χ0v) is 15.6. The molecule has 0 aliphatic carbocycles. The number of likely N-dealkylation sites (N-methyl/N-ethyl adjacent to an activating group) is 1. The summed E-state index contributed by atoms with van der Waals surface area (Å²) in [6.45, 7) is -2.01. The van der Waals surface area contributed by atoms with Crippen molar-refractivity contribution in [1.82, 2.24) is 4.90 Å². The molecule has 1 atom stereocenters. The fourth-order valence-electron chi connectivity index (χ4n) is 2.61. The molecule has 0 aromatic heterocycles. The lowest BCUT2D eigenvalue weighted by Gasteiger charge is -2.21. The van der Waals surface area contributed by atoms with E-state index in [1.807, 2.05) is 18.0 Å². The Morgan fingerprint density at radius 1 is 1.14 bits per heavy atom. The van der Waals surface area contributed by atoms with Crippen molar-refractivity contribution in [2.75, 3.05) is 27.3 Å². The third kappa shape index (κ3) is 6.68. The van der Waals surface area contributed by atoms with Crippen molar-refractivity contribution < 1.29 is 28.1 Å². The third-order valence-electron chi connectivity index (χ3n) is 3.84. The average Bonchev–Trinajstić information content (AvgIpc) is 2.67. The van der Waals surface area contributed by atoms with Gasteiger partial charge in [0.05, 0.1) is 18.7 Å². The molecule has 0 saturated carbocycles. The molecule has 0 aliphatic heterocycles. The standard InChI is InChI=1S/C20H22F2N2O4/c1-24(11-15-5-8-18(28-20(21)22)19(9-15)26-2)12-16(25)13-27-17-6-3-14(10-23)4-7-17/h3-9,16,20,25H,11-13H2,1-2H3. The monoisotopic (exact) mass is 392 g/mol. The first-order chi connectivity index (χ1) is 13.4. The van der Waals surface area contributed by atoms with Crippen LogP contribution < -0.4 is 14.2 Å². The molecule has 0 radical (unpaired) electrons. The largest absolute Gasteiger partial charge is 0.493 e. The molecule has 0 fully saturated rings. The smallest absolute Gasteiger partial charge is 0.387 e. The Labute approximate surface area is 162 Å². The van der Waals surface area contributed by atoms with Crippen molar-refractivity contribution in [2.24, 2.45) is 0 Å². The molecule has 0 saturated heterocycles. The maximum atomic E-state index is 12.4. The molecular weight excluding hydrogens is 370 g/mol. The van der Waals surface area contributed by atoms with Crippen LogP contribution in [-0.4, -0.2) is 50.0 Å². The van der Waals surface area contributed by atoms with Crippen LogP contribution in [0.1, 0.15) is 11.1 Å². The first-order valence-corrected chi connectivity index (χ1v) is 8.52. The molecule has 0 aliphatic rings. The van der Waals surface area contributed by atoms with Crippen LogP contribution in [0.4, 0.5) is 8.78 Å². The van der Waals surface area contributed by atoms with E-state index in [0.29, 0.717) is 24.4 Å². The minimum absolute atomic E-state index is 0.0280. The van der Waals surface area contributed by atoms with Crippen LogP contribution in [0.3, 0.4) is 0 Å². The molecule has 2 aromatic rings. The summed E-state index contributed by atoms with van der Waals surface area (Å²) in [7, 11) is 3.20. The van der Waals surface area contributed by atoms with E-state index >= 15 is 0 Å². The molecule has 2 rings (SSSR count). The maximum absolute atomic E-state index is 12.4. The predicted molar refractivity (Wildman–Crippen MR) is 98.6 cm³/mol. The molecule has 1 unspecified atom stereocenters. The molecule has 150 valence electrons. The van der Waals surface area contributed by atoms with Gasteiger partial charge in [-0.3, -0.25) is 4.90 Å². The van der Waals surface area contributed by atoms with E-state index in [9.17, 15) is 13.9 Å². The number of aliphatic hydroxyl groups excluding tert-OH is 1. The van der Waals surface area contributed by atoms with Gasteiger partial charge in [-0.25, -0.2) is 0 Å².